The number of amides is 1. The first kappa shape index (κ1) is 11.7. The fourth-order valence-corrected chi connectivity index (χ4v) is 1.74. The quantitative estimate of drug-likeness (QED) is 0.814. The van der Waals surface area contributed by atoms with Crippen LogP contribution in [0.2, 0.25) is 0 Å². The van der Waals surface area contributed by atoms with Gasteiger partial charge in [0.2, 0.25) is 5.91 Å². The van der Waals surface area contributed by atoms with Crippen LogP contribution in [0, 0.1) is 0 Å². The second-order valence-corrected chi connectivity index (χ2v) is 3.47. The van der Waals surface area contributed by atoms with Crippen LogP contribution in [0.4, 0.5) is 4.39 Å². The van der Waals surface area contributed by atoms with Crippen molar-refractivity contribution >= 4 is 5.91 Å². The van der Waals surface area contributed by atoms with Crippen LogP contribution in [0.15, 0.2) is 18.2 Å². The maximum atomic E-state index is 13.6. The number of carbonyl (C=O) groups is 1. The Morgan fingerprint density at radius 2 is 2.13 bits per heavy atom. The van der Waals surface area contributed by atoms with Gasteiger partial charge < -0.3 is 5.73 Å². The molecule has 0 radical (unpaired) electrons. The van der Waals surface area contributed by atoms with Gasteiger partial charge in [0.15, 0.2) is 0 Å². The molecule has 1 aromatic carbocycles. The largest absolute Gasteiger partial charge is 0.366 e. The summed E-state index contributed by atoms with van der Waals surface area (Å²) in [6.07, 6.45) is 0.0172. The first-order valence-electron chi connectivity index (χ1n) is 5.17. The maximum absolute atomic E-state index is 13.6. The molecule has 1 amide bonds. The SMILES string of the molecule is CCc1c(C(N)=O)cccc1C(F)CC. The molecule has 82 valence electrons. The molecule has 1 aromatic rings. The van der Waals surface area contributed by atoms with E-state index in [0.717, 1.165) is 5.56 Å². The number of alkyl halides is 1. The van der Waals surface area contributed by atoms with Gasteiger partial charge in [0.05, 0.1) is 0 Å². The minimum absolute atomic E-state index is 0.412. The van der Waals surface area contributed by atoms with E-state index in [1.54, 1.807) is 25.1 Å². The molecule has 0 spiro atoms. The molecule has 0 heterocycles. The fraction of sp³-hybridized carbons (Fsp3) is 0.417. The highest BCUT2D eigenvalue weighted by Gasteiger charge is 2.16. The topological polar surface area (TPSA) is 43.1 Å². The smallest absolute Gasteiger partial charge is 0.248 e. The molecule has 15 heavy (non-hydrogen) atoms. The Labute approximate surface area is 89.3 Å². The molecule has 0 saturated carbocycles. The lowest BCUT2D eigenvalue weighted by molar-refractivity contribution is 0.0999. The van der Waals surface area contributed by atoms with Crippen LogP contribution < -0.4 is 5.73 Å². The predicted octanol–water partition coefficient (Wildman–Crippen LogP) is 2.77. The van der Waals surface area contributed by atoms with Crippen molar-refractivity contribution < 1.29 is 9.18 Å². The maximum Gasteiger partial charge on any atom is 0.248 e. The van der Waals surface area contributed by atoms with E-state index in [9.17, 15) is 9.18 Å². The van der Waals surface area contributed by atoms with E-state index in [1.807, 2.05) is 6.92 Å². The first-order valence-corrected chi connectivity index (χ1v) is 5.17. The molecule has 0 saturated heterocycles. The van der Waals surface area contributed by atoms with E-state index in [4.69, 9.17) is 5.73 Å². The van der Waals surface area contributed by atoms with Crippen LogP contribution in [0.3, 0.4) is 0 Å². The predicted molar refractivity (Wildman–Crippen MR) is 58.5 cm³/mol. The van der Waals surface area contributed by atoms with Crippen molar-refractivity contribution in [2.24, 2.45) is 5.73 Å². The molecule has 0 aromatic heterocycles. The van der Waals surface area contributed by atoms with Crippen LogP contribution in [0.25, 0.3) is 0 Å². The van der Waals surface area contributed by atoms with E-state index in [2.05, 4.69) is 0 Å². The van der Waals surface area contributed by atoms with Gasteiger partial charge in [0.1, 0.15) is 6.17 Å². The highest BCUT2D eigenvalue weighted by atomic mass is 19.1. The number of primary amides is 1. The first-order chi connectivity index (χ1) is 7.11. The molecule has 1 rings (SSSR count). The van der Waals surface area contributed by atoms with Crippen molar-refractivity contribution in [1.29, 1.82) is 0 Å². The molecule has 1 unspecified atom stereocenters. The lowest BCUT2D eigenvalue weighted by atomic mass is 9.94. The average molecular weight is 209 g/mol. The molecule has 0 bridgehead atoms. The summed E-state index contributed by atoms with van der Waals surface area (Å²) in [6.45, 7) is 3.68. The van der Waals surface area contributed by atoms with E-state index in [1.165, 1.54) is 0 Å². The molecule has 0 aliphatic carbocycles. The van der Waals surface area contributed by atoms with E-state index in [-0.39, 0.29) is 0 Å². The van der Waals surface area contributed by atoms with E-state index < -0.39 is 12.1 Å². The lowest BCUT2D eigenvalue weighted by Gasteiger charge is -2.13. The summed E-state index contributed by atoms with van der Waals surface area (Å²) in [4.78, 5) is 11.1. The Hall–Kier alpha value is -1.38. The zero-order valence-corrected chi connectivity index (χ0v) is 9.09. The second-order valence-electron chi connectivity index (χ2n) is 3.47. The van der Waals surface area contributed by atoms with Crippen molar-refractivity contribution in [2.75, 3.05) is 0 Å². The van der Waals surface area contributed by atoms with Gasteiger partial charge in [-0.05, 0) is 30.0 Å². The standard InChI is InChI=1S/C12H16FNO/c1-3-8-9(11(13)4-2)6-5-7-10(8)12(14)15/h5-7,11H,3-4H2,1-2H3,(H2,14,15). The van der Waals surface area contributed by atoms with E-state index in [0.29, 0.717) is 24.0 Å². The molecule has 0 fully saturated rings. The molecule has 1 atom stereocenters. The third-order valence-electron chi connectivity index (χ3n) is 2.53. The van der Waals surface area contributed by atoms with Crippen molar-refractivity contribution in [3.63, 3.8) is 0 Å². The fourth-order valence-electron chi connectivity index (χ4n) is 1.74. The van der Waals surface area contributed by atoms with Crippen molar-refractivity contribution in [3.8, 4) is 0 Å². The number of benzene rings is 1. The number of hydrogen-bond donors (Lipinski definition) is 1. The van der Waals surface area contributed by atoms with Crippen molar-refractivity contribution in [3.05, 3.63) is 34.9 Å². The van der Waals surface area contributed by atoms with E-state index >= 15 is 0 Å². The molecule has 2 N–H and O–H groups in total. The lowest BCUT2D eigenvalue weighted by Crippen LogP contribution is -2.15. The third-order valence-corrected chi connectivity index (χ3v) is 2.53. The summed E-state index contributed by atoms with van der Waals surface area (Å²) in [7, 11) is 0. The number of rotatable bonds is 4. The summed E-state index contributed by atoms with van der Waals surface area (Å²) >= 11 is 0. The van der Waals surface area contributed by atoms with Crippen LogP contribution in [0.1, 0.15) is 47.9 Å². The minimum Gasteiger partial charge on any atom is -0.366 e. The zero-order valence-electron chi connectivity index (χ0n) is 9.09. The average Bonchev–Trinajstić information content (AvgIpc) is 2.26. The number of halogens is 1. The van der Waals surface area contributed by atoms with Crippen LogP contribution in [0.5, 0.6) is 0 Å². The molecular formula is C12H16FNO. The molecule has 2 nitrogen and oxygen atoms in total. The van der Waals surface area contributed by atoms with Gasteiger partial charge in [-0.15, -0.1) is 0 Å². The zero-order chi connectivity index (χ0) is 11.4. The van der Waals surface area contributed by atoms with Gasteiger partial charge in [-0.2, -0.15) is 0 Å². The second kappa shape index (κ2) is 4.91. The van der Waals surface area contributed by atoms with Gasteiger partial charge in [-0.1, -0.05) is 26.0 Å². The molecule has 3 heteroatoms. The van der Waals surface area contributed by atoms with Gasteiger partial charge in [0.25, 0.3) is 0 Å². The highest BCUT2D eigenvalue weighted by molar-refractivity contribution is 5.94. The third kappa shape index (κ3) is 2.35. The highest BCUT2D eigenvalue weighted by Crippen LogP contribution is 2.27. The molecule has 0 aliphatic rings. The Balaban J connectivity index is 3.28. The summed E-state index contributed by atoms with van der Waals surface area (Å²) in [5, 5.41) is 0. The number of hydrogen-bond acceptors (Lipinski definition) is 1. The molecular weight excluding hydrogens is 193 g/mol. The Morgan fingerprint density at radius 3 is 2.60 bits per heavy atom. The summed E-state index contributed by atoms with van der Waals surface area (Å²) in [6, 6.07) is 5.04. The Morgan fingerprint density at radius 1 is 1.47 bits per heavy atom. The van der Waals surface area contributed by atoms with Gasteiger partial charge in [0, 0.05) is 5.56 Å². The minimum atomic E-state index is -1.01. The van der Waals surface area contributed by atoms with Crippen molar-refractivity contribution in [2.45, 2.75) is 32.9 Å². The van der Waals surface area contributed by atoms with Crippen molar-refractivity contribution in [1.82, 2.24) is 0 Å². The van der Waals surface area contributed by atoms with Gasteiger partial charge in [-0.25, -0.2) is 4.39 Å². The Bertz CT molecular complexity index is 363. The summed E-state index contributed by atoms with van der Waals surface area (Å²) in [5.41, 5.74) is 7.00. The van der Waals surface area contributed by atoms with Crippen LogP contribution >= 0.6 is 0 Å². The van der Waals surface area contributed by atoms with Crippen LogP contribution in [-0.2, 0) is 6.42 Å². The Kier molecular flexibility index (Phi) is 3.83. The summed E-state index contributed by atoms with van der Waals surface area (Å²) < 4.78 is 13.6. The number of carbonyl (C=O) groups excluding carboxylic acids is 1. The normalized spacial score (nSPS) is 12.5. The van der Waals surface area contributed by atoms with Gasteiger partial charge >= 0.3 is 0 Å². The number of nitrogens with two attached hydrogens (primary N) is 1. The monoisotopic (exact) mass is 209 g/mol. The summed E-state index contributed by atoms with van der Waals surface area (Å²) in [5.74, 6) is -0.489. The molecule has 0 aliphatic heterocycles. The van der Waals surface area contributed by atoms with Gasteiger partial charge in [-0.3, -0.25) is 4.79 Å². The van der Waals surface area contributed by atoms with Crippen LogP contribution in [-0.4, -0.2) is 5.91 Å².